The molecule has 1 saturated heterocycles. The number of hydrogen-bond donors (Lipinski definition) is 3. The Morgan fingerprint density at radius 1 is 1.03 bits per heavy atom. The predicted molar refractivity (Wildman–Crippen MR) is 121 cm³/mol. The number of rotatable bonds is 6. The third-order valence-corrected chi connectivity index (χ3v) is 5.31. The van der Waals surface area contributed by atoms with Gasteiger partial charge in [-0.3, -0.25) is 19.3 Å². The number of nitrogens with one attached hydrogen (secondary N) is 3. The van der Waals surface area contributed by atoms with Crippen LogP contribution in [0.25, 0.3) is 0 Å². The summed E-state index contributed by atoms with van der Waals surface area (Å²) in [5, 5.41) is 7.98. The van der Waals surface area contributed by atoms with Crippen molar-refractivity contribution in [3.05, 3.63) is 83.8 Å². The number of aryl methyl sites for hydroxylation is 1. The number of urea groups is 1. The first-order valence-electron chi connectivity index (χ1n) is 10.2. The Morgan fingerprint density at radius 2 is 1.82 bits per heavy atom. The van der Waals surface area contributed by atoms with Crippen LogP contribution >= 0.6 is 0 Å². The van der Waals surface area contributed by atoms with Gasteiger partial charge in [-0.15, -0.1) is 0 Å². The molecule has 0 radical (unpaired) electrons. The lowest BCUT2D eigenvalue weighted by Gasteiger charge is -2.19. The second-order valence-electron chi connectivity index (χ2n) is 7.84. The average Bonchev–Trinajstić information content (AvgIpc) is 3.39. The van der Waals surface area contributed by atoms with Gasteiger partial charge in [0.15, 0.2) is 5.54 Å². The van der Waals surface area contributed by atoms with E-state index in [1.165, 1.54) is 13.2 Å². The zero-order valence-corrected chi connectivity index (χ0v) is 18.0. The second kappa shape index (κ2) is 8.62. The fourth-order valence-electron chi connectivity index (χ4n) is 3.62. The molecule has 4 rings (SSSR count). The number of hydrogen-bond acceptors (Lipinski definition) is 5. The van der Waals surface area contributed by atoms with Gasteiger partial charge in [-0.25, -0.2) is 4.79 Å². The van der Waals surface area contributed by atoms with Crippen LogP contribution in [0.2, 0.25) is 0 Å². The molecule has 3 aromatic rings. The van der Waals surface area contributed by atoms with E-state index >= 15 is 0 Å². The Hall–Kier alpha value is -4.40. The molecule has 9 nitrogen and oxygen atoms in total. The average molecular weight is 446 g/mol. The maximum Gasteiger partial charge on any atom is 0.325 e. The highest BCUT2D eigenvalue weighted by Gasteiger charge is 2.51. The number of anilines is 2. The van der Waals surface area contributed by atoms with Gasteiger partial charge < -0.3 is 20.4 Å². The molecule has 168 valence electrons. The highest BCUT2D eigenvalue weighted by molar-refractivity contribution is 6.12. The molecule has 0 saturated carbocycles. The van der Waals surface area contributed by atoms with E-state index in [0.717, 1.165) is 10.5 Å². The van der Waals surface area contributed by atoms with E-state index in [0.29, 0.717) is 5.69 Å². The molecule has 0 unspecified atom stereocenters. The first kappa shape index (κ1) is 21.8. The van der Waals surface area contributed by atoms with Crippen molar-refractivity contribution in [2.45, 2.75) is 19.4 Å². The Balaban J connectivity index is 1.47. The molecule has 1 aliphatic heterocycles. The van der Waals surface area contributed by atoms with Crippen LogP contribution < -0.4 is 16.0 Å². The number of para-hydroxylation sites is 1. The lowest BCUT2D eigenvalue weighted by Crippen LogP contribution is -2.42. The predicted octanol–water partition coefficient (Wildman–Crippen LogP) is 3.25. The van der Waals surface area contributed by atoms with Crippen LogP contribution in [0.1, 0.15) is 28.6 Å². The van der Waals surface area contributed by atoms with Crippen LogP contribution in [0.3, 0.4) is 0 Å². The summed E-state index contributed by atoms with van der Waals surface area (Å²) < 4.78 is 5.28. The standard InChI is InChI=1S/C24H22N4O5/c1-15-7-5-8-16(13-15)25-21(30)17-9-3-4-10-18(17)26-20(29)14-28-22(31)24(2,27-23(28)32)19-11-6-12-33-19/h3-13H,14H2,1-2H3,(H,25,30)(H,26,29)(H,27,32)/t24-/m0/s1. The second-order valence-corrected chi connectivity index (χ2v) is 7.84. The van der Waals surface area contributed by atoms with Crippen LogP contribution in [-0.2, 0) is 15.1 Å². The van der Waals surface area contributed by atoms with Crippen LogP contribution in [0.15, 0.2) is 71.3 Å². The summed E-state index contributed by atoms with van der Waals surface area (Å²) in [6.07, 6.45) is 1.40. The van der Waals surface area contributed by atoms with Crippen molar-refractivity contribution in [2.75, 3.05) is 17.2 Å². The van der Waals surface area contributed by atoms with Crippen LogP contribution in [0.5, 0.6) is 0 Å². The minimum Gasteiger partial charge on any atom is -0.466 e. The van der Waals surface area contributed by atoms with Crippen molar-refractivity contribution in [1.82, 2.24) is 10.2 Å². The summed E-state index contributed by atoms with van der Waals surface area (Å²) in [6.45, 7) is 2.90. The smallest absolute Gasteiger partial charge is 0.325 e. The fourth-order valence-corrected chi connectivity index (χ4v) is 3.62. The number of furan rings is 1. The number of imide groups is 1. The zero-order valence-electron chi connectivity index (χ0n) is 18.0. The van der Waals surface area contributed by atoms with Gasteiger partial charge in [0.25, 0.3) is 11.8 Å². The summed E-state index contributed by atoms with van der Waals surface area (Å²) in [5.74, 6) is -1.38. The molecule has 0 spiro atoms. The van der Waals surface area contributed by atoms with E-state index in [1.54, 1.807) is 42.5 Å². The Morgan fingerprint density at radius 3 is 2.55 bits per heavy atom. The zero-order chi connectivity index (χ0) is 23.6. The van der Waals surface area contributed by atoms with E-state index < -0.39 is 35.8 Å². The summed E-state index contributed by atoms with van der Waals surface area (Å²) in [7, 11) is 0. The molecule has 2 aromatic carbocycles. The molecule has 5 amide bonds. The first-order chi connectivity index (χ1) is 15.8. The monoisotopic (exact) mass is 446 g/mol. The fraction of sp³-hybridized carbons (Fsp3) is 0.167. The third kappa shape index (κ3) is 4.33. The number of benzene rings is 2. The van der Waals surface area contributed by atoms with Crippen molar-refractivity contribution in [3.8, 4) is 0 Å². The highest BCUT2D eigenvalue weighted by atomic mass is 16.3. The summed E-state index contributed by atoms with van der Waals surface area (Å²) in [6, 6.07) is 16.3. The van der Waals surface area contributed by atoms with E-state index in [-0.39, 0.29) is 17.0 Å². The molecule has 1 atom stereocenters. The molecule has 33 heavy (non-hydrogen) atoms. The van der Waals surface area contributed by atoms with Crippen molar-refractivity contribution < 1.29 is 23.6 Å². The Kier molecular flexibility index (Phi) is 5.70. The SMILES string of the molecule is Cc1cccc(NC(=O)c2ccccc2NC(=O)CN2C(=O)N[C@@](C)(c3ccco3)C2=O)c1. The van der Waals surface area contributed by atoms with E-state index in [1.807, 2.05) is 25.1 Å². The Labute approximate surface area is 189 Å². The lowest BCUT2D eigenvalue weighted by molar-refractivity contribution is -0.134. The van der Waals surface area contributed by atoms with E-state index in [4.69, 9.17) is 4.42 Å². The molecule has 1 aliphatic rings. The van der Waals surface area contributed by atoms with Gasteiger partial charge in [-0.05, 0) is 55.8 Å². The minimum atomic E-state index is -1.40. The molecule has 1 aromatic heterocycles. The number of carbonyl (C=O) groups excluding carboxylic acids is 4. The normalized spacial score (nSPS) is 17.6. The topological polar surface area (TPSA) is 121 Å². The van der Waals surface area contributed by atoms with Gasteiger partial charge in [0.05, 0.1) is 17.5 Å². The molecule has 2 heterocycles. The van der Waals surface area contributed by atoms with Crippen molar-refractivity contribution in [1.29, 1.82) is 0 Å². The van der Waals surface area contributed by atoms with Crippen molar-refractivity contribution >= 4 is 35.1 Å². The van der Waals surface area contributed by atoms with Gasteiger partial charge in [0.1, 0.15) is 12.3 Å². The molecule has 0 bridgehead atoms. The minimum absolute atomic E-state index is 0.241. The van der Waals surface area contributed by atoms with Crippen molar-refractivity contribution in [2.24, 2.45) is 0 Å². The highest BCUT2D eigenvalue weighted by Crippen LogP contribution is 2.29. The molecular weight excluding hydrogens is 424 g/mol. The third-order valence-electron chi connectivity index (χ3n) is 5.31. The van der Waals surface area contributed by atoms with Gasteiger partial charge in [-0.2, -0.15) is 0 Å². The number of carbonyl (C=O) groups is 4. The van der Waals surface area contributed by atoms with Crippen LogP contribution in [0, 0.1) is 6.92 Å². The molecule has 9 heteroatoms. The molecular formula is C24H22N4O5. The number of amides is 5. The van der Waals surface area contributed by atoms with E-state index in [2.05, 4.69) is 16.0 Å². The van der Waals surface area contributed by atoms with Gasteiger partial charge >= 0.3 is 6.03 Å². The van der Waals surface area contributed by atoms with Gasteiger partial charge in [0.2, 0.25) is 5.91 Å². The lowest BCUT2D eigenvalue weighted by atomic mass is 9.99. The van der Waals surface area contributed by atoms with Crippen molar-refractivity contribution in [3.63, 3.8) is 0 Å². The largest absolute Gasteiger partial charge is 0.466 e. The maximum atomic E-state index is 12.9. The summed E-state index contributed by atoms with van der Waals surface area (Å²) >= 11 is 0. The molecule has 3 N–H and O–H groups in total. The molecule has 0 aliphatic carbocycles. The van der Waals surface area contributed by atoms with Gasteiger partial charge in [-0.1, -0.05) is 24.3 Å². The quantitative estimate of drug-likeness (QED) is 0.502. The van der Waals surface area contributed by atoms with Gasteiger partial charge in [0, 0.05) is 5.69 Å². The summed E-state index contributed by atoms with van der Waals surface area (Å²) in [5.41, 5.74) is 0.715. The van der Waals surface area contributed by atoms with Crippen LogP contribution in [0.4, 0.5) is 16.2 Å². The molecule has 1 fully saturated rings. The Bertz CT molecular complexity index is 1240. The number of nitrogens with zero attached hydrogens (tertiary/aromatic N) is 1. The van der Waals surface area contributed by atoms with E-state index in [9.17, 15) is 19.2 Å². The van der Waals surface area contributed by atoms with Crippen LogP contribution in [-0.4, -0.2) is 35.2 Å². The summed E-state index contributed by atoms with van der Waals surface area (Å²) in [4.78, 5) is 51.6. The first-order valence-corrected chi connectivity index (χ1v) is 10.2. The maximum absolute atomic E-state index is 12.9.